The second kappa shape index (κ2) is 9.39. The van der Waals surface area contributed by atoms with Crippen molar-refractivity contribution in [3.63, 3.8) is 0 Å². The van der Waals surface area contributed by atoms with Crippen LogP contribution in [0.15, 0.2) is 42.5 Å². The van der Waals surface area contributed by atoms with E-state index in [9.17, 15) is 14.0 Å². The Morgan fingerprint density at radius 2 is 1.93 bits per heavy atom. The van der Waals surface area contributed by atoms with E-state index in [-0.39, 0.29) is 10.8 Å². The summed E-state index contributed by atoms with van der Waals surface area (Å²) < 4.78 is 23.4. The summed E-state index contributed by atoms with van der Waals surface area (Å²) in [6.07, 6.45) is 1.40. The molecule has 0 heterocycles. The van der Waals surface area contributed by atoms with Gasteiger partial charge in [0.2, 0.25) is 0 Å². The van der Waals surface area contributed by atoms with Crippen LogP contribution < -0.4 is 10.1 Å². The van der Waals surface area contributed by atoms with Crippen LogP contribution in [0.2, 0.25) is 10.0 Å². The summed E-state index contributed by atoms with van der Waals surface area (Å²) >= 11 is 11.8. The summed E-state index contributed by atoms with van der Waals surface area (Å²) in [4.78, 5) is 24.0. The van der Waals surface area contributed by atoms with Gasteiger partial charge >= 0.3 is 5.97 Å². The van der Waals surface area contributed by atoms with Crippen molar-refractivity contribution in [3.8, 4) is 5.75 Å². The highest BCUT2D eigenvalue weighted by molar-refractivity contribution is 6.36. The molecule has 0 saturated carbocycles. The average molecular weight is 412 g/mol. The van der Waals surface area contributed by atoms with E-state index in [1.165, 1.54) is 44.4 Å². The van der Waals surface area contributed by atoms with Crippen molar-refractivity contribution in [1.82, 2.24) is 0 Å². The first-order valence-corrected chi connectivity index (χ1v) is 8.54. The van der Waals surface area contributed by atoms with Gasteiger partial charge in [0.15, 0.2) is 17.7 Å². The van der Waals surface area contributed by atoms with Crippen LogP contribution in [0.3, 0.4) is 0 Å². The van der Waals surface area contributed by atoms with Crippen LogP contribution in [0.1, 0.15) is 12.5 Å². The van der Waals surface area contributed by atoms with E-state index >= 15 is 0 Å². The number of benzene rings is 2. The molecule has 1 amide bonds. The van der Waals surface area contributed by atoms with Gasteiger partial charge < -0.3 is 14.8 Å². The molecule has 142 valence electrons. The van der Waals surface area contributed by atoms with Gasteiger partial charge in [0.05, 0.1) is 17.8 Å². The van der Waals surface area contributed by atoms with Crippen LogP contribution >= 0.6 is 23.2 Å². The van der Waals surface area contributed by atoms with Crippen LogP contribution in [-0.4, -0.2) is 25.1 Å². The van der Waals surface area contributed by atoms with Gasteiger partial charge in [0.1, 0.15) is 0 Å². The Kier molecular flexibility index (Phi) is 7.21. The third-order valence-electron chi connectivity index (χ3n) is 3.44. The second-order valence-electron chi connectivity index (χ2n) is 5.42. The minimum Gasteiger partial charge on any atom is -0.494 e. The van der Waals surface area contributed by atoms with Crippen molar-refractivity contribution < 1.29 is 23.5 Å². The lowest BCUT2D eigenvalue weighted by Crippen LogP contribution is -2.29. The molecule has 0 aromatic heterocycles. The van der Waals surface area contributed by atoms with E-state index < -0.39 is 23.8 Å². The standard InChI is InChI=1S/C19H16Cl2FNO4/c1-11(19(25)23-16-6-5-13(20)10-14(16)21)27-18(24)8-4-12-3-7-17(26-2)15(22)9-12/h3-11H,1-2H3,(H,23,25)/b8-4+/t11-/m0/s1. The molecule has 1 atom stereocenters. The molecule has 0 bridgehead atoms. The smallest absolute Gasteiger partial charge is 0.331 e. The van der Waals surface area contributed by atoms with Crippen molar-refractivity contribution in [1.29, 1.82) is 0 Å². The predicted molar refractivity (Wildman–Crippen MR) is 103 cm³/mol. The van der Waals surface area contributed by atoms with Gasteiger partial charge in [-0.05, 0) is 48.9 Å². The number of methoxy groups -OCH3 is 1. The molecule has 0 spiro atoms. The number of esters is 1. The summed E-state index contributed by atoms with van der Waals surface area (Å²) in [7, 11) is 1.36. The van der Waals surface area contributed by atoms with Crippen molar-refractivity contribution in [2.45, 2.75) is 13.0 Å². The fourth-order valence-electron chi connectivity index (χ4n) is 2.04. The third-order valence-corrected chi connectivity index (χ3v) is 3.99. The predicted octanol–water partition coefficient (Wildman–Crippen LogP) is 4.72. The highest BCUT2D eigenvalue weighted by atomic mass is 35.5. The highest BCUT2D eigenvalue weighted by Gasteiger charge is 2.17. The summed E-state index contributed by atoms with van der Waals surface area (Å²) in [6, 6.07) is 8.80. The first-order valence-electron chi connectivity index (χ1n) is 7.78. The van der Waals surface area contributed by atoms with Crippen LogP contribution in [-0.2, 0) is 14.3 Å². The summed E-state index contributed by atoms with van der Waals surface area (Å²) in [5, 5.41) is 3.23. The lowest BCUT2D eigenvalue weighted by atomic mass is 10.2. The Morgan fingerprint density at radius 3 is 2.56 bits per heavy atom. The molecule has 0 aliphatic heterocycles. The number of amides is 1. The number of anilines is 1. The monoisotopic (exact) mass is 411 g/mol. The van der Waals surface area contributed by atoms with Crippen LogP contribution in [0.25, 0.3) is 6.08 Å². The van der Waals surface area contributed by atoms with E-state index in [0.717, 1.165) is 6.08 Å². The van der Waals surface area contributed by atoms with Crippen LogP contribution in [0, 0.1) is 5.82 Å². The van der Waals surface area contributed by atoms with Crippen molar-refractivity contribution in [3.05, 3.63) is 63.9 Å². The quantitative estimate of drug-likeness (QED) is 0.551. The van der Waals surface area contributed by atoms with Crippen molar-refractivity contribution >= 4 is 46.8 Å². The van der Waals surface area contributed by atoms with Crippen LogP contribution in [0.5, 0.6) is 5.75 Å². The lowest BCUT2D eigenvalue weighted by Gasteiger charge is -2.13. The molecule has 0 aliphatic rings. The van der Waals surface area contributed by atoms with Gasteiger partial charge in [0, 0.05) is 11.1 Å². The zero-order valence-corrected chi connectivity index (χ0v) is 16.0. The lowest BCUT2D eigenvalue weighted by molar-refractivity contribution is -0.148. The maximum Gasteiger partial charge on any atom is 0.331 e. The van der Waals surface area contributed by atoms with E-state index in [2.05, 4.69) is 5.32 Å². The van der Waals surface area contributed by atoms with E-state index in [1.807, 2.05) is 0 Å². The first-order chi connectivity index (χ1) is 12.8. The van der Waals surface area contributed by atoms with Gasteiger partial charge in [-0.25, -0.2) is 9.18 Å². The van der Waals surface area contributed by atoms with E-state index in [4.69, 9.17) is 32.7 Å². The van der Waals surface area contributed by atoms with Gasteiger partial charge in [-0.15, -0.1) is 0 Å². The molecular formula is C19H16Cl2FNO4. The number of halogens is 3. The molecule has 27 heavy (non-hydrogen) atoms. The largest absolute Gasteiger partial charge is 0.494 e. The zero-order chi connectivity index (χ0) is 20.0. The van der Waals surface area contributed by atoms with Crippen molar-refractivity contribution in [2.24, 2.45) is 0 Å². The normalized spacial score (nSPS) is 11.9. The molecule has 2 aromatic rings. The molecule has 2 rings (SSSR count). The number of hydrogen-bond donors (Lipinski definition) is 1. The Bertz CT molecular complexity index is 886. The average Bonchev–Trinajstić information content (AvgIpc) is 2.62. The number of carbonyl (C=O) groups is 2. The Labute approximate surface area is 165 Å². The zero-order valence-electron chi connectivity index (χ0n) is 14.5. The topological polar surface area (TPSA) is 64.6 Å². The summed E-state index contributed by atoms with van der Waals surface area (Å²) in [5.41, 5.74) is 0.786. The molecule has 8 heteroatoms. The van der Waals surface area contributed by atoms with Crippen LogP contribution in [0.4, 0.5) is 10.1 Å². The fraction of sp³-hybridized carbons (Fsp3) is 0.158. The first kappa shape index (κ1) is 20.7. The number of hydrogen-bond acceptors (Lipinski definition) is 4. The number of nitrogens with one attached hydrogen (secondary N) is 1. The highest BCUT2D eigenvalue weighted by Crippen LogP contribution is 2.25. The third kappa shape index (κ3) is 5.98. The number of carbonyl (C=O) groups excluding carboxylic acids is 2. The SMILES string of the molecule is COc1ccc(/C=C/C(=O)O[C@@H](C)C(=O)Nc2ccc(Cl)cc2Cl)cc1F. The molecule has 0 saturated heterocycles. The summed E-state index contributed by atoms with van der Waals surface area (Å²) in [5.74, 6) is -1.77. The minimum atomic E-state index is -1.07. The minimum absolute atomic E-state index is 0.0980. The molecule has 5 nitrogen and oxygen atoms in total. The van der Waals surface area contributed by atoms with Gasteiger partial charge in [-0.1, -0.05) is 29.3 Å². The second-order valence-corrected chi connectivity index (χ2v) is 6.26. The number of rotatable bonds is 6. The maximum atomic E-state index is 13.6. The number of ether oxygens (including phenoxy) is 2. The molecule has 0 radical (unpaired) electrons. The van der Waals surface area contributed by atoms with Gasteiger partial charge in [0.25, 0.3) is 5.91 Å². The Morgan fingerprint density at radius 1 is 1.19 bits per heavy atom. The van der Waals surface area contributed by atoms with Gasteiger partial charge in [-0.2, -0.15) is 0 Å². The molecule has 0 fully saturated rings. The van der Waals surface area contributed by atoms with Crippen molar-refractivity contribution in [2.75, 3.05) is 12.4 Å². The molecule has 0 unspecified atom stereocenters. The van der Waals surface area contributed by atoms with Gasteiger partial charge in [-0.3, -0.25) is 4.79 Å². The molecule has 0 aliphatic carbocycles. The Hall–Kier alpha value is -2.57. The van der Waals surface area contributed by atoms with E-state index in [1.54, 1.807) is 12.1 Å². The molecular weight excluding hydrogens is 396 g/mol. The summed E-state index contributed by atoms with van der Waals surface area (Å²) in [6.45, 7) is 1.41. The molecule has 1 N–H and O–H groups in total. The maximum absolute atomic E-state index is 13.6. The fourth-order valence-corrected chi connectivity index (χ4v) is 2.50. The van der Waals surface area contributed by atoms with E-state index in [0.29, 0.717) is 16.3 Å². The molecule has 2 aromatic carbocycles. The Balaban J connectivity index is 1.94.